The van der Waals surface area contributed by atoms with E-state index in [-0.39, 0.29) is 5.82 Å². The minimum atomic E-state index is -0.127. The molecule has 0 amide bonds. The minimum absolute atomic E-state index is 0.127. The Labute approximate surface area is 129 Å². The van der Waals surface area contributed by atoms with Crippen LogP contribution in [0.3, 0.4) is 0 Å². The Morgan fingerprint density at radius 2 is 2.00 bits per heavy atom. The van der Waals surface area contributed by atoms with Crippen molar-refractivity contribution >= 4 is 0 Å². The van der Waals surface area contributed by atoms with Gasteiger partial charge in [0.05, 0.1) is 0 Å². The van der Waals surface area contributed by atoms with Gasteiger partial charge in [-0.2, -0.15) is 0 Å². The van der Waals surface area contributed by atoms with E-state index in [1.54, 1.807) is 6.07 Å². The normalized spacial score (nSPS) is 11.6. The SMILES string of the molecule is C=CCN(Cc1cc(CNCC(C)C)ccc1F)C(C)C. The first-order valence-electron chi connectivity index (χ1n) is 7.77. The van der Waals surface area contributed by atoms with Gasteiger partial charge in [-0.05, 0) is 37.9 Å². The van der Waals surface area contributed by atoms with Crippen molar-refractivity contribution in [2.45, 2.75) is 46.8 Å². The number of benzene rings is 1. The highest BCUT2D eigenvalue weighted by atomic mass is 19.1. The highest BCUT2D eigenvalue weighted by Gasteiger charge is 2.12. The second-order valence-electron chi connectivity index (χ2n) is 6.26. The predicted molar refractivity (Wildman–Crippen MR) is 88.7 cm³/mol. The molecule has 0 atom stereocenters. The van der Waals surface area contributed by atoms with E-state index in [2.05, 4.69) is 44.5 Å². The van der Waals surface area contributed by atoms with Crippen LogP contribution in [-0.2, 0) is 13.1 Å². The molecule has 21 heavy (non-hydrogen) atoms. The Bertz CT molecular complexity index is 441. The zero-order valence-corrected chi connectivity index (χ0v) is 13.8. The van der Waals surface area contributed by atoms with Gasteiger partial charge in [0.25, 0.3) is 0 Å². The molecule has 0 saturated carbocycles. The van der Waals surface area contributed by atoms with Gasteiger partial charge in [-0.15, -0.1) is 6.58 Å². The van der Waals surface area contributed by atoms with Crippen LogP contribution in [0.5, 0.6) is 0 Å². The lowest BCUT2D eigenvalue weighted by molar-refractivity contribution is 0.234. The average Bonchev–Trinajstić information content (AvgIpc) is 2.41. The Morgan fingerprint density at radius 1 is 1.29 bits per heavy atom. The maximum absolute atomic E-state index is 14.0. The molecule has 2 nitrogen and oxygen atoms in total. The van der Waals surface area contributed by atoms with Crippen molar-refractivity contribution in [2.24, 2.45) is 5.92 Å². The summed E-state index contributed by atoms with van der Waals surface area (Å²) in [6.07, 6.45) is 1.87. The standard InChI is InChI=1S/C18H29FN2/c1-6-9-21(15(4)5)13-17-10-16(7-8-18(17)19)12-20-11-14(2)3/h6-8,10,14-15,20H,1,9,11-13H2,2-5H3. The van der Waals surface area contributed by atoms with Gasteiger partial charge in [-0.1, -0.05) is 32.1 Å². The zero-order chi connectivity index (χ0) is 15.8. The molecule has 0 fully saturated rings. The Morgan fingerprint density at radius 3 is 2.57 bits per heavy atom. The van der Waals surface area contributed by atoms with Gasteiger partial charge in [-0.25, -0.2) is 4.39 Å². The van der Waals surface area contributed by atoms with Crippen LogP contribution in [0.4, 0.5) is 4.39 Å². The van der Waals surface area contributed by atoms with E-state index >= 15 is 0 Å². The summed E-state index contributed by atoms with van der Waals surface area (Å²) in [5.41, 5.74) is 1.89. The molecule has 0 saturated heterocycles. The summed E-state index contributed by atoms with van der Waals surface area (Å²) in [5, 5.41) is 3.40. The maximum atomic E-state index is 14.0. The third kappa shape index (κ3) is 6.40. The lowest BCUT2D eigenvalue weighted by Crippen LogP contribution is -2.30. The van der Waals surface area contributed by atoms with Gasteiger partial charge >= 0.3 is 0 Å². The second kappa shape index (κ2) is 8.96. The summed E-state index contributed by atoms with van der Waals surface area (Å²) < 4.78 is 14.0. The smallest absolute Gasteiger partial charge is 0.127 e. The van der Waals surface area contributed by atoms with Gasteiger partial charge < -0.3 is 5.32 Å². The molecule has 3 heteroatoms. The van der Waals surface area contributed by atoms with Gasteiger partial charge in [0.1, 0.15) is 5.82 Å². The van der Waals surface area contributed by atoms with Gasteiger partial charge in [0, 0.05) is 31.2 Å². The number of halogens is 1. The first-order valence-corrected chi connectivity index (χ1v) is 7.77. The molecule has 1 N–H and O–H groups in total. The fourth-order valence-electron chi connectivity index (χ4n) is 2.21. The highest BCUT2D eigenvalue weighted by molar-refractivity contribution is 5.25. The van der Waals surface area contributed by atoms with Crippen LogP contribution in [0, 0.1) is 11.7 Å². The van der Waals surface area contributed by atoms with E-state index in [4.69, 9.17) is 0 Å². The van der Waals surface area contributed by atoms with Crippen LogP contribution in [0.1, 0.15) is 38.8 Å². The molecule has 1 rings (SSSR count). The molecular formula is C18H29FN2. The minimum Gasteiger partial charge on any atom is -0.312 e. The van der Waals surface area contributed by atoms with Crippen molar-refractivity contribution in [1.82, 2.24) is 10.2 Å². The van der Waals surface area contributed by atoms with Crippen molar-refractivity contribution in [3.8, 4) is 0 Å². The molecule has 0 aromatic heterocycles. The van der Waals surface area contributed by atoms with Crippen molar-refractivity contribution in [3.05, 3.63) is 47.8 Å². The van der Waals surface area contributed by atoms with Crippen molar-refractivity contribution in [3.63, 3.8) is 0 Å². The van der Waals surface area contributed by atoms with Crippen molar-refractivity contribution < 1.29 is 4.39 Å². The third-order valence-corrected chi connectivity index (χ3v) is 3.46. The molecule has 0 bridgehead atoms. The number of nitrogens with one attached hydrogen (secondary N) is 1. The molecule has 0 radical (unpaired) electrons. The quantitative estimate of drug-likeness (QED) is 0.693. The maximum Gasteiger partial charge on any atom is 0.127 e. The lowest BCUT2D eigenvalue weighted by atomic mass is 10.1. The number of rotatable bonds is 9. The van der Waals surface area contributed by atoms with Gasteiger partial charge in [0.15, 0.2) is 0 Å². The van der Waals surface area contributed by atoms with Gasteiger partial charge in [-0.3, -0.25) is 4.90 Å². The van der Waals surface area contributed by atoms with E-state index in [1.807, 2.05) is 18.2 Å². The van der Waals surface area contributed by atoms with Crippen molar-refractivity contribution in [2.75, 3.05) is 13.1 Å². The monoisotopic (exact) mass is 292 g/mol. The van der Waals surface area contributed by atoms with Crippen LogP contribution in [0.2, 0.25) is 0 Å². The van der Waals surface area contributed by atoms with E-state index < -0.39 is 0 Å². The molecule has 0 spiro atoms. The fraction of sp³-hybridized carbons (Fsp3) is 0.556. The van der Waals surface area contributed by atoms with E-state index in [0.717, 1.165) is 30.8 Å². The largest absolute Gasteiger partial charge is 0.312 e. The molecule has 0 aliphatic rings. The summed E-state index contributed by atoms with van der Waals surface area (Å²) in [5.74, 6) is 0.492. The number of hydrogen-bond donors (Lipinski definition) is 1. The summed E-state index contributed by atoms with van der Waals surface area (Å²) >= 11 is 0. The number of hydrogen-bond acceptors (Lipinski definition) is 2. The molecular weight excluding hydrogens is 263 g/mol. The highest BCUT2D eigenvalue weighted by Crippen LogP contribution is 2.15. The van der Waals surface area contributed by atoms with Crippen LogP contribution in [0.15, 0.2) is 30.9 Å². The van der Waals surface area contributed by atoms with E-state index in [1.165, 1.54) is 0 Å². The fourth-order valence-corrected chi connectivity index (χ4v) is 2.21. The van der Waals surface area contributed by atoms with Crippen LogP contribution in [-0.4, -0.2) is 24.0 Å². The number of nitrogens with zero attached hydrogens (tertiary/aromatic N) is 1. The average molecular weight is 292 g/mol. The van der Waals surface area contributed by atoms with Gasteiger partial charge in [0.2, 0.25) is 0 Å². The van der Waals surface area contributed by atoms with Crippen LogP contribution < -0.4 is 5.32 Å². The molecule has 0 aliphatic heterocycles. The Balaban J connectivity index is 2.74. The lowest BCUT2D eigenvalue weighted by Gasteiger charge is -2.25. The Hall–Kier alpha value is -1.19. The first kappa shape index (κ1) is 17.9. The Kier molecular flexibility index (Phi) is 7.62. The molecule has 118 valence electrons. The van der Waals surface area contributed by atoms with Crippen LogP contribution >= 0.6 is 0 Å². The summed E-state index contributed by atoms with van der Waals surface area (Å²) in [6, 6.07) is 5.78. The third-order valence-electron chi connectivity index (χ3n) is 3.46. The molecule has 0 unspecified atom stereocenters. The molecule has 1 aromatic rings. The van der Waals surface area contributed by atoms with E-state index in [0.29, 0.717) is 18.5 Å². The molecule has 1 aromatic carbocycles. The summed E-state index contributed by atoms with van der Waals surface area (Å²) in [7, 11) is 0. The van der Waals surface area contributed by atoms with Crippen LogP contribution in [0.25, 0.3) is 0 Å². The topological polar surface area (TPSA) is 15.3 Å². The van der Waals surface area contributed by atoms with E-state index in [9.17, 15) is 4.39 Å². The summed E-state index contributed by atoms with van der Waals surface area (Å²) in [6.45, 7) is 15.5. The zero-order valence-electron chi connectivity index (χ0n) is 13.8. The van der Waals surface area contributed by atoms with Crippen molar-refractivity contribution in [1.29, 1.82) is 0 Å². The second-order valence-corrected chi connectivity index (χ2v) is 6.26. The molecule has 0 aliphatic carbocycles. The predicted octanol–water partition coefficient (Wildman–Crippen LogP) is 3.97. The molecule has 0 heterocycles. The first-order chi connectivity index (χ1) is 9.93. The summed E-state index contributed by atoms with van der Waals surface area (Å²) in [4.78, 5) is 2.21.